The van der Waals surface area contributed by atoms with E-state index in [1.807, 2.05) is 30.3 Å². The first-order chi connectivity index (χ1) is 11.3. The second-order valence-electron chi connectivity index (χ2n) is 6.47. The van der Waals surface area contributed by atoms with Gasteiger partial charge in [-0.1, -0.05) is 18.2 Å². The summed E-state index contributed by atoms with van der Waals surface area (Å²) in [6.45, 7) is 5.19. The third kappa shape index (κ3) is 5.52. The Labute approximate surface area is 143 Å². The standard InChI is InChI=1S/C18H26N2O2S/c21-18(14-23-17-4-2-1-3-5-17)19-16-6-9-20(10-7-16)12-15-8-11-22-13-15/h1-5,15-16H,6-14H2,(H,19,21)/t15-/m0/s1. The zero-order valence-electron chi connectivity index (χ0n) is 13.6. The molecule has 3 rings (SSSR count). The van der Waals surface area contributed by atoms with Crippen molar-refractivity contribution in [3.8, 4) is 0 Å². The molecule has 4 nitrogen and oxygen atoms in total. The Morgan fingerprint density at radius 3 is 2.70 bits per heavy atom. The minimum Gasteiger partial charge on any atom is -0.381 e. The minimum absolute atomic E-state index is 0.154. The van der Waals surface area contributed by atoms with E-state index in [2.05, 4.69) is 10.2 Å². The van der Waals surface area contributed by atoms with E-state index >= 15 is 0 Å². The van der Waals surface area contributed by atoms with Gasteiger partial charge in [-0.25, -0.2) is 0 Å². The number of ether oxygens (including phenoxy) is 1. The number of likely N-dealkylation sites (tertiary alicyclic amines) is 1. The molecule has 1 amide bonds. The summed E-state index contributed by atoms with van der Waals surface area (Å²) in [5.74, 6) is 1.37. The first-order valence-corrected chi connectivity index (χ1v) is 9.55. The third-order valence-electron chi connectivity index (χ3n) is 4.61. The summed E-state index contributed by atoms with van der Waals surface area (Å²) < 4.78 is 5.45. The quantitative estimate of drug-likeness (QED) is 0.811. The molecule has 0 saturated carbocycles. The van der Waals surface area contributed by atoms with Crippen molar-refractivity contribution in [1.29, 1.82) is 0 Å². The van der Waals surface area contributed by atoms with Gasteiger partial charge in [0.1, 0.15) is 0 Å². The Morgan fingerprint density at radius 1 is 1.22 bits per heavy atom. The summed E-state index contributed by atoms with van der Waals surface area (Å²) in [5.41, 5.74) is 0. The van der Waals surface area contributed by atoms with Crippen LogP contribution in [0.4, 0.5) is 0 Å². The molecule has 1 aromatic rings. The molecule has 0 bridgehead atoms. The third-order valence-corrected chi connectivity index (χ3v) is 5.62. The molecule has 0 aromatic heterocycles. The van der Waals surface area contributed by atoms with Gasteiger partial charge in [0.15, 0.2) is 0 Å². The lowest BCUT2D eigenvalue weighted by Crippen LogP contribution is -2.46. The van der Waals surface area contributed by atoms with Crippen molar-refractivity contribution in [3.05, 3.63) is 30.3 Å². The van der Waals surface area contributed by atoms with E-state index < -0.39 is 0 Å². The minimum atomic E-state index is 0.154. The van der Waals surface area contributed by atoms with Crippen molar-refractivity contribution in [1.82, 2.24) is 10.2 Å². The maximum absolute atomic E-state index is 12.1. The second kappa shape index (κ2) is 8.71. The molecule has 2 heterocycles. The smallest absolute Gasteiger partial charge is 0.230 e. The summed E-state index contributed by atoms with van der Waals surface area (Å²) in [7, 11) is 0. The number of nitrogens with one attached hydrogen (secondary N) is 1. The number of thioether (sulfide) groups is 1. The Bertz CT molecular complexity index is 483. The Morgan fingerprint density at radius 2 is 2.00 bits per heavy atom. The highest BCUT2D eigenvalue weighted by Gasteiger charge is 2.24. The Balaban J connectivity index is 1.32. The lowest BCUT2D eigenvalue weighted by Gasteiger charge is -2.33. The predicted octanol–water partition coefficient (Wildman–Crippen LogP) is 2.40. The summed E-state index contributed by atoms with van der Waals surface area (Å²) in [6, 6.07) is 10.4. The van der Waals surface area contributed by atoms with E-state index in [9.17, 15) is 4.79 Å². The van der Waals surface area contributed by atoms with Crippen LogP contribution < -0.4 is 5.32 Å². The number of carbonyl (C=O) groups excluding carboxylic acids is 1. The largest absolute Gasteiger partial charge is 0.381 e. The first kappa shape index (κ1) is 16.8. The van der Waals surface area contributed by atoms with Gasteiger partial charge in [-0.05, 0) is 37.3 Å². The molecule has 2 fully saturated rings. The fraction of sp³-hybridized carbons (Fsp3) is 0.611. The van der Waals surface area contributed by atoms with Gasteiger partial charge < -0.3 is 15.0 Å². The molecule has 2 aliphatic rings. The Kier molecular flexibility index (Phi) is 6.37. The van der Waals surface area contributed by atoms with Crippen LogP contribution in [-0.4, -0.2) is 55.4 Å². The maximum Gasteiger partial charge on any atom is 0.230 e. The maximum atomic E-state index is 12.1. The van der Waals surface area contributed by atoms with Crippen molar-refractivity contribution in [3.63, 3.8) is 0 Å². The number of nitrogens with zero attached hydrogens (tertiary/aromatic N) is 1. The van der Waals surface area contributed by atoms with Gasteiger partial charge in [-0.3, -0.25) is 4.79 Å². The van der Waals surface area contributed by atoms with Crippen LogP contribution in [-0.2, 0) is 9.53 Å². The normalized spacial score (nSPS) is 23.0. The van der Waals surface area contributed by atoms with Crippen LogP contribution in [0.2, 0.25) is 0 Å². The fourth-order valence-corrected chi connectivity index (χ4v) is 4.02. The van der Waals surface area contributed by atoms with Crippen molar-refractivity contribution < 1.29 is 9.53 Å². The fourth-order valence-electron chi connectivity index (χ4n) is 3.29. The molecule has 0 aliphatic carbocycles. The molecule has 2 aliphatic heterocycles. The zero-order chi connectivity index (χ0) is 15.9. The van der Waals surface area contributed by atoms with Gasteiger partial charge in [-0.2, -0.15) is 0 Å². The summed E-state index contributed by atoms with van der Waals surface area (Å²) in [4.78, 5) is 15.8. The van der Waals surface area contributed by atoms with Gasteiger partial charge in [-0.15, -0.1) is 11.8 Å². The molecule has 1 N–H and O–H groups in total. The molecular formula is C18H26N2O2S. The highest BCUT2D eigenvalue weighted by atomic mass is 32.2. The van der Waals surface area contributed by atoms with Crippen LogP contribution in [0, 0.1) is 5.92 Å². The van der Waals surface area contributed by atoms with Crippen molar-refractivity contribution in [2.45, 2.75) is 30.2 Å². The Hall–Kier alpha value is -1.04. The number of piperidine rings is 1. The first-order valence-electron chi connectivity index (χ1n) is 8.57. The molecule has 0 radical (unpaired) electrons. The predicted molar refractivity (Wildman–Crippen MR) is 93.7 cm³/mol. The second-order valence-corrected chi connectivity index (χ2v) is 7.52. The SMILES string of the molecule is O=C(CSc1ccccc1)NC1CCN(C[C@@H]2CCOC2)CC1. The molecule has 5 heteroatoms. The molecular weight excluding hydrogens is 308 g/mol. The number of hydrogen-bond donors (Lipinski definition) is 1. The highest BCUT2D eigenvalue weighted by Crippen LogP contribution is 2.19. The van der Waals surface area contributed by atoms with Crippen molar-refractivity contribution >= 4 is 17.7 Å². The lowest BCUT2D eigenvalue weighted by molar-refractivity contribution is -0.119. The molecule has 0 spiro atoms. The van der Waals surface area contributed by atoms with E-state index in [0.29, 0.717) is 17.7 Å². The zero-order valence-corrected chi connectivity index (χ0v) is 14.4. The van der Waals surface area contributed by atoms with Crippen LogP contribution in [0.5, 0.6) is 0 Å². The average molecular weight is 334 g/mol. The summed E-state index contributed by atoms with van der Waals surface area (Å²) >= 11 is 1.60. The summed E-state index contributed by atoms with van der Waals surface area (Å²) in [5, 5.41) is 3.19. The van der Waals surface area contributed by atoms with E-state index in [1.165, 1.54) is 6.42 Å². The topological polar surface area (TPSA) is 41.6 Å². The van der Waals surface area contributed by atoms with Crippen LogP contribution in [0.25, 0.3) is 0 Å². The molecule has 126 valence electrons. The van der Waals surface area contributed by atoms with Crippen molar-refractivity contribution in [2.75, 3.05) is 38.6 Å². The van der Waals surface area contributed by atoms with Crippen LogP contribution in [0.3, 0.4) is 0 Å². The number of hydrogen-bond acceptors (Lipinski definition) is 4. The van der Waals surface area contributed by atoms with E-state index in [1.54, 1.807) is 11.8 Å². The van der Waals surface area contributed by atoms with E-state index in [-0.39, 0.29) is 5.91 Å². The number of amides is 1. The van der Waals surface area contributed by atoms with Crippen LogP contribution in [0.1, 0.15) is 19.3 Å². The highest BCUT2D eigenvalue weighted by molar-refractivity contribution is 8.00. The van der Waals surface area contributed by atoms with E-state index in [0.717, 1.165) is 50.6 Å². The lowest BCUT2D eigenvalue weighted by atomic mass is 10.0. The molecule has 2 saturated heterocycles. The van der Waals surface area contributed by atoms with Gasteiger partial charge in [0, 0.05) is 37.2 Å². The van der Waals surface area contributed by atoms with Gasteiger partial charge in [0.25, 0.3) is 0 Å². The van der Waals surface area contributed by atoms with Crippen LogP contribution in [0.15, 0.2) is 35.2 Å². The van der Waals surface area contributed by atoms with Crippen LogP contribution >= 0.6 is 11.8 Å². The number of rotatable bonds is 6. The molecule has 1 aromatic carbocycles. The molecule has 0 unspecified atom stereocenters. The molecule has 1 atom stereocenters. The molecule has 23 heavy (non-hydrogen) atoms. The average Bonchev–Trinajstić information content (AvgIpc) is 3.09. The van der Waals surface area contributed by atoms with Gasteiger partial charge in [0.2, 0.25) is 5.91 Å². The van der Waals surface area contributed by atoms with Gasteiger partial charge >= 0.3 is 0 Å². The van der Waals surface area contributed by atoms with Gasteiger partial charge in [0.05, 0.1) is 12.4 Å². The number of carbonyl (C=O) groups is 1. The van der Waals surface area contributed by atoms with Crippen molar-refractivity contribution in [2.24, 2.45) is 5.92 Å². The monoisotopic (exact) mass is 334 g/mol. The van der Waals surface area contributed by atoms with E-state index in [4.69, 9.17) is 4.74 Å². The number of benzene rings is 1. The summed E-state index contributed by atoms with van der Waals surface area (Å²) in [6.07, 6.45) is 3.33.